The van der Waals surface area contributed by atoms with Crippen molar-refractivity contribution in [2.24, 2.45) is 5.73 Å². The van der Waals surface area contributed by atoms with E-state index in [0.717, 1.165) is 24.0 Å². The SMILES string of the molecule is CCc1ccc(C(N)=O)c(CC)c1Cl. The standard InChI is InChI=1S/C11H14ClNO/c1-3-7-5-6-9(11(13)14)8(4-2)10(7)12/h5-6H,3-4H2,1-2H3,(H2,13,14). The molecular formula is C11H14ClNO. The quantitative estimate of drug-likeness (QED) is 0.821. The maximum absolute atomic E-state index is 11.1. The Labute approximate surface area is 89.1 Å². The molecule has 0 aromatic heterocycles. The smallest absolute Gasteiger partial charge is 0.249 e. The van der Waals surface area contributed by atoms with Gasteiger partial charge >= 0.3 is 0 Å². The van der Waals surface area contributed by atoms with Gasteiger partial charge in [0.2, 0.25) is 5.91 Å². The Kier molecular flexibility index (Phi) is 3.53. The first kappa shape index (κ1) is 11.1. The van der Waals surface area contributed by atoms with E-state index in [0.29, 0.717) is 10.6 Å². The minimum absolute atomic E-state index is 0.411. The number of carbonyl (C=O) groups excluding carboxylic acids is 1. The molecule has 0 spiro atoms. The summed E-state index contributed by atoms with van der Waals surface area (Å²) in [6, 6.07) is 3.62. The summed E-state index contributed by atoms with van der Waals surface area (Å²) < 4.78 is 0. The average molecular weight is 212 g/mol. The fourth-order valence-electron chi connectivity index (χ4n) is 1.52. The normalized spacial score (nSPS) is 10.2. The molecular weight excluding hydrogens is 198 g/mol. The number of carbonyl (C=O) groups is 1. The third kappa shape index (κ3) is 1.90. The van der Waals surface area contributed by atoms with Gasteiger partial charge in [0.05, 0.1) is 0 Å². The molecule has 2 N–H and O–H groups in total. The Bertz CT molecular complexity index is 361. The Morgan fingerprint density at radius 3 is 2.43 bits per heavy atom. The number of rotatable bonds is 3. The molecule has 0 saturated heterocycles. The number of nitrogens with two attached hydrogens (primary N) is 1. The van der Waals surface area contributed by atoms with E-state index in [1.807, 2.05) is 19.9 Å². The van der Waals surface area contributed by atoms with Gasteiger partial charge in [-0.2, -0.15) is 0 Å². The number of hydrogen-bond donors (Lipinski definition) is 1. The van der Waals surface area contributed by atoms with Crippen molar-refractivity contribution in [3.05, 3.63) is 33.8 Å². The highest BCUT2D eigenvalue weighted by Crippen LogP contribution is 2.25. The van der Waals surface area contributed by atoms with Crippen LogP contribution in [0.25, 0.3) is 0 Å². The van der Waals surface area contributed by atoms with Crippen LogP contribution in [0, 0.1) is 0 Å². The van der Waals surface area contributed by atoms with Crippen LogP contribution in [0.1, 0.15) is 35.3 Å². The molecule has 3 heteroatoms. The van der Waals surface area contributed by atoms with Crippen LogP contribution in [0.15, 0.2) is 12.1 Å². The van der Waals surface area contributed by atoms with Crippen LogP contribution in [0.5, 0.6) is 0 Å². The predicted octanol–water partition coefficient (Wildman–Crippen LogP) is 2.56. The van der Waals surface area contributed by atoms with E-state index in [4.69, 9.17) is 17.3 Å². The van der Waals surface area contributed by atoms with Gasteiger partial charge in [-0.3, -0.25) is 4.79 Å². The summed E-state index contributed by atoms with van der Waals surface area (Å²) in [5, 5.41) is 0.686. The van der Waals surface area contributed by atoms with Gasteiger partial charge in [0.1, 0.15) is 0 Å². The minimum Gasteiger partial charge on any atom is -0.366 e. The molecule has 0 aliphatic carbocycles. The third-order valence-electron chi connectivity index (χ3n) is 2.32. The van der Waals surface area contributed by atoms with Crippen LogP contribution in [0.3, 0.4) is 0 Å². The molecule has 1 amide bonds. The number of primary amides is 1. The van der Waals surface area contributed by atoms with Crippen molar-refractivity contribution >= 4 is 17.5 Å². The Morgan fingerprint density at radius 1 is 1.36 bits per heavy atom. The zero-order valence-corrected chi connectivity index (χ0v) is 9.19. The fourth-order valence-corrected chi connectivity index (χ4v) is 1.95. The van der Waals surface area contributed by atoms with E-state index < -0.39 is 5.91 Å². The molecule has 14 heavy (non-hydrogen) atoms. The van der Waals surface area contributed by atoms with Gasteiger partial charge in [-0.15, -0.1) is 0 Å². The monoisotopic (exact) mass is 211 g/mol. The van der Waals surface area contributed by atoms with Crippen LogP contribution in [0.4, 0.5) is 0 Å². The number of aryl methyl sites for hydroxylation is 1. The molecule has 76 valence electrons. The van der Waals surface area contributed by atoms with E-state index in [9.17, 15) is 4.79 Å². The van der Waals surface area contributed by atoms with Crippen molar-refractivity contribution in [3.8, 4) is 0 Å². The summed E-state index contributed by atoms with van der Waals surface area (Å²) in [4.78, 5) is 11.1. The van der Waals surface area contributed by atoms with Crippen molar-refractivity contribution < 1.29 is 4.79 Å². The first-order valence-electron chi connectivity index (χ1n) is 4.71. The second-order valence-electron chi connectivity index (χ2n) is 3.14. The van der Waals surface area contributed by atoms with Gasteiger partial charge in [0.25, 0.3) is 0 Å². The van der Waals surface area contributed by atoms with Crippen molar-refractivity contribution in [2.45, 2.75) is 26.7 Å². The number of amides is 1. The first-order valence-corrected chi connectivity index (χ1v) is 5.09. The maximum atomic E-state index is 11.1. The Balaban J connectivity index is 3.35. The molecule has 0 fully saturated rings. The van der Waals surface area contributed by atoms with Crippen LogP contribution in [-0.2, 0) is 12.8 Å². The summed E-state index contributed by atoms with van der Waals surface area (Å²) in [6.07, 6.45) is 1.59. The van der Waals surface area contributed by atoms with Gasteiger partial charge in [-0.25, -0.2) is 0 Å². The van der Waals surface area contributed by atoms with E-state index in [-0.39, 0.29) is 0 Å². The van der Waals surface area contributed by atoms with E-state index in [2.05, 4.69) is 0 Å². The summed E-state index contributed by atoms with van der Waals surface area (Å²) in [7, 11) is 0. The molecule has 1 aromatic carbocycles. The predicted molar refractivity (Wildman–Crippen MR) is 58.7 cm³/mol. The van der Waals surface area contributed by atoms with Crippen molar-refractivity contribution in [3.63, 3.8) is 0 Å². The largest absolute Gasteiger partial charge is 0.366 e. The summed E-state index contributed by atoms with van der Waals surface area (Å²) in [5.41, 5.74) is 7.71. The summed E-state index contributed by atoms with van der Waals surface area (Å²) in [6.45, 7) is 4.00. The molecule has 0 aliphatic rings. The molecule has 1 rings (SSSR count). The fraction of sp³-hybridized carbons (Fsp3) is 0.364. The first-order chi connectivity index (χ1) is 6.61. The molecule has 0 bridgehead atoms. The third-order valence-corrected chi connectivity index (χ3v) is 2.79. The highest BCUT2D eigenvalue weighted by atomic mass is 35.5. The summed E-state index contributed by atoms with van der Waals surface area (Å²) >= 11 is 6.15. The Morgan fingerprint density at radius 2 is 2.00 bits per heavy atom. The van der Waals surface area contributed by atoms with E-state index in [1.54, 1.807) is 6.07 Å². The maximum Gasteiger partial charge on any atom is 0.249 e. The van der Waals surface area contributed by atoms with Gasteiger partial charge in [0.15, 0.2) is 0 Å². The molecule has 0 heterocycles. The topological polar surface area (TPSA) is 43.1 Å². The molecule has 0 unspecified atom stereocenters. The molecule has 2 nitrogen and oxygen atoms in total. The van der Waals surface area contributed by atoms with Crippen LogP contribution in [-0.4, -0.2) is 5.91 Å². The number of halogens is 1. The highest BCUT2D eigenvalue weighted by Gasteiger charge is 2.12. The average Bonchev–Trinajstić information content (AvgIpc) is 2.17. The van der Waals surface area contributed by atoms with Crippen LogP contribution < -0.4 is 5.73 Å². The Hall–Kier alpha value is -1.02. The molecule has 0 radical (unpaired) electrons. The lowest BCUT2D eigenvalue weighted by Crippen LogP contribution is -2.14. The molecule has 1 aromatic rings. The zero-order valence-electron chi connectivity index (χ0n) is 8.43. The van der Waals surface area contributed by atoms with E-state index in [1.165, 1.54) is 0 Å². The minimum atomic E-state index is -0.411. The second-order valence-corrected chi connectivity index (χ2v) is 3.51. The lowest BCUT2D eigenvalue weighted by atomic mass is 10.00. The lowest BCUT2D eigenvalue weighted by molar-refractivity contribution is 0.0999. The summed E-state index contributed by atoms with van der Waals surface area (Å²) in [5.74, 6) is -0.411. The van der Waals surface area contributed by atoms with Gasteiger partial charge < -0.3 is 5.73 Å². The molecule has 0 aliphatic heterocycles. The lowest BCUT2D eigenvalue weighted by Gasteiger charge is -2.10. The van der Waals surface area contributed by atoms with Crippen molar-refractivity contribution in [2.75, 3.05) is 0 Å². The van der Waals surface area contributed by atoms with Crippen molar-refractivity contribution in [1.29, 1.82) is 0 Å². The molecule has 0 saturated carbocycles. The second kappa shape index (κ2) is 4.47. The number of benzene rings is 1. The van der Waals surface area contributed by atoms with Gasteiger partial charge in [0, 0.05) is 10.6 Å². The van der Waals surface area contributed by atoms with Crippen LogP contribution >= 0.6 is 11.6 Å². The van der Waals surface area contributed by atoms with Crippen molar-refractivity contribution in [1.82, 2.24) is 0 Å². The molecule has 0 atom stereocenters. The van der Waals surface area contributed by atoms with Gasteiger partial charge in [-0.1, -0.05) is 31.5 Å². The van der Waals surface area contributed by atoms with Crippen LogP contribution in [0.2, 0.25) is 5.02 Å². The zero-order chi connectivity index (χ0) is 10.7. The van der Waals surface area contributed by atoms with Gasteiger partial charge in [-0.05, 0) is 30.0 Å². The van der Waals surface area contributed by atoms with E-state index >= 15 is 0 Å². The number of hydrogen-bond acceptors (Lipinski definition) is 1. The highest BCUT2D eigenvalue weighted by molar-refractivity contribution is 6.32.